The molecule has 29 heavy (non-hydrogen) atoms. The summed E-state index contributed by atoms with van der Waals surface area (Å²) in [6, 6.07) is 6.02. The van der Waals surface area contributed by atoms with Crippen LogP contribution in [-0.2, 0) is 24.1 Å². The lowest BCUT2D eigenvalue weighted by Gasteiger charge is -2.27. The molecule has 0 unspecified atom stereocenters. The Kier molecular flexibility index (Phi) is 5.67. The second-order valence-corrected chi connectivity index (χ2v) is 7.66. The van der Waals surface area contributed by atoms with Crippen LogP contribution in [0.1, 0.15) is 57.7 Å². The van der Waals surface area contributed by atoms with Gasteiger partial charge in [-0.3, -0.25) is 9.59 Å². The van der Waals surface area contributed by atoms with Crippen molar-refractivity contribution in [1.29, 1.82) is 0 Å². The number of fused-ring (bicyclic) bond motifs is 1. The van der Waals surface area contributed by atoms with Gasteiger partial charge < -0.3 is 19.5 Å². The zero-order valence-electron chi connectivity index (χ0n) is 17.2. The van der Waals surface area contributed by atoms with Crippen LogP contribution in [0.25, 0.3) is 0 Å². The van der Waals surface area contributed by atoms with E-state index in [1.165, 1.54) is 0 Å². The molecule has 0 radical (unpaired) electrons. The fourth-order valence-corrected chi connectivity index (χ4v) is 4.17. The number of imidazole rings is 1. The largest absolute Gasteiger partial charge is 0.378 e. The molecular weight excluding hydrogens is 368 g/mol. The van der Waals surface area contributed by atoms with Gasteiger partial charge in [0.1, 0.15) is 0 Å². The maximum absolute atomic E-state index is 13.2. The molecule has 2 aliphatic heterocycles. The number of nitrogens with zero attached hydrogens (tertiary/aromatic N) is 3. The van der Waals surface area contributed by atoms with E-state index in [9.17, 15) is 9.59 Å². The summed E-state index contributed by atoms with van der Waals surface area (Å²) in [6.07, 6.45) is 3.59. The molecule has 4 rings (SSSR count). The first-order valence-electron chi connectivity index (χ1n) is 10.5. The van der Waals surface area contributed by atoms with E-state index in [1.54, 1.807) is 4.90 Å². The van der Waals surface area contributed by atoms with E-state index < -0.39 is 0 Å². The highest BCUT2D eigenvalue weighted by Crippen LogP contribution is 2.25. The second-order valence-electron chi connectivity index (χ2n) is 7.66. The molecule has 1 aromatic heterocycles. The lowest BCUT2D eigenvalue weighted by molar-refractivity contribution is 0.0291. The maximum atomic E-state index is 13.2. The molecule has 2 aromatic rings. The van der Waals surface area contributed by atoms with Crippen molar-refractivity contribution in [2.24, 2.45) is 0 Å². The number of hydrogen-bond donors (Lipinski definition) is 1. The van der Waals surface area contributed by atoms with E-state index in [1.807, 2.05) is 29.7 Å². The molecule has 7 heteroatoms. The lowest BCUT2D eigenvalue weighted by atomic mass is 10.0. The van der Waals surface area contributed by atoms with Crippen LogP contribution >= 0.6 is 0 Å². The number of benzene rings is 1. The summed E-state index contributed by atoms with van der Waals surface area (Å²) in [5, 5.41) is 3.07. The van der Waals surface area contributed by atoms with E-state index in [4.69, 9.17) is 4.74 Å². The minimum atomic E-state index is -0.235. The number of aryl methyl sites for hydroxylation is 2. The fourth-order valence-electron chi connectivity index (χ4n) is 4.17. The van der Waals surface area contributed by atoms with E-state index in [0.717, 1.165) is 54.7 Å². The Morgan fingerprint density at radius 3 is 2.72 bits per heavy atom. The molecule has 0 saturated carbocycles. The van der Waals surface area contributed by atoms with Gasteiger partial charge in [-0.2, -0.15) is 0 Å². The molecule has 1 aromatic carbocycles. The summed E-state index contributed by atoms with van der Waals surface area (Å²) in [5.41, 5.74) is 4.22. The Labute approximate surface area is 171 Å². The molecule has 0 atom stereocenters. The Morgan fingerprint density at radius 1 is 1.17 bits per heavy atom. The molecule has 3 heterocycles. The molecular formula is C22H28N4O3. The van der Waals surface area contributed by atoms with Crippen LogP contribution in [0, 0.1) is 6.92 Å². The van der Waals surface area contributed by atoms with Crippen molar-refractivity contribution in [2.45, 2.75) is 46.1 Å². The minimum Gasteiger partial charge on any atom is -0.378 e. The number of aromatic nitrogens is 2. The zero-order chi connectivity index (χ0) is 20.4. The molecule has 7 nitrogen and oxygen atoms in total. The van der Waals surface area contributed by atoms with Crippen LogP contribution < -0.4 is 5.32 Å². The van der Waals surface area contributed by atoms with Gasteiger partial charge in [-0.05, 0) is 43.7 Å². The van der Waals surface area contributed by atoms with E-state index in [0.29, 0.717) is 37.8 Å². The SMILES string of the molecule is CCc1cccc(C)c1NC(=O)c1nc(C(=O)N2CCOCC2)n2c1CCCC2. The van der Waals surface area contributed by atoms with E-state index in [-0.39, 0.29) is 11.8 Å². The monoisotopic (exact) mass is 396 g/mol. The van der Waals surface area contributed by atoms with Gasteiger partial charge in [0, 0.05) is 25.3 Å². The summed E-state index contributed by atoms with van der Waals surface area (Å²) in [5.74, 6) is 0.0357. The predicted molar refractivity (Wildman–Crippen MR) is 110 cm³/mol. The Morgan fingerprint density at radius 2 is 1.97 bits per heavy atom. The van der Waals surface area contributed by atoms with Crippen LogP contribution in [0.5, 0.6) is 0 Å². The van der Waals surface area contributed by atoms with Gasteiger partial charge in [0.15, 0.2) is 11.5 Å². The Hall–Kier alpha value is -2.67. The van der Waals surface area contributed by atoms with Crippen LogP contribution in [0.15, 0.2) is 18.2 Å². The highest BCUT2D eigenvalue weighted by Gasteiger charge is 2.30. The van der Waals surface area contributed by atoms with Crippen LogP contribution in [0.4, 0.5) is 5.69 Å². The van der Waals surface area contributed by atoms with Gasteiger partial charge >= 0.3 is 0 Å². The minimum absolute atomic E-state index is 0.111. The number of ether oxygens (including phenoxy) is 1. The Bertz CT molecular complexity index is 928. The molecule has 2 aliphatic rings. The molecule has 0 aliphatic carbocycles. The predicted octanol–water partition coefficient (Wildman–Crippen LogP) is 2.81. The maximum Gasteiger partial charge on any atom is 0.290 e. The molecule has 1 saturated heterocycles. The van der Waals surface area contributed by atoms with E-state index >= 15 is 0 Å². The van der Waals surface area contributed by atoms with Crippen molar-refractivity contribution in [3.8, 4) is 0 Å². The van der Waals surface area contributed by atoms with Gasteiger partial charge in [-0.15, -0.1) is 0 Å². The molecule has 2 amide bonds. The molecule has 0 spiro atoms. The quantitative estimate of drug-likeness (QED) is 0.862. The molecule has 154 valence electrons. The van der Waals surface area contributed by atoms with Crippen LogP contribution in [0.3, 0.4) is 0 Å². The summed E-state index contributed by atoms with van der Waals surface area (Å²) in [4.78, 5) is 32.6. The van der Waals surface area contributed by atoms with Crippen molar-refractivity contribution in [3.63, 3.8) is 0 Å². The fraction of sp³-hybridized carbons (Fsp3) is 0.500. The number of carbonyl (C=O) groups excluding carboxylic acids is 2. The first kappa shape index (κ1) is 19.6. The van der Waals surface area contributed by atoms with Crippen LogP contribution in [-0.4, -0.2) is 52.6 Å². The van der Waals surface area contributed by atoms with Gasteiger partial charge in [0.05, 0.1) is 18.9 Å². The van der Waals surface area contributed by atoms with E-state index in [2.05, 4.69) is 17.2 Å². The first-order chi connectivity index (χ1) is 14.1. The zero-order valence-corrected chi connectivity index (χ0v) is 17.2. The third-order valence-electron chi connectivity index (χ3n) is 5.80. The third kappa shape index (κ3) is 3.79. The first-order valence-corrected chi connectivity index (χ1v) is 10.5. The Balaban J connectivity index is 1.66. The van der Waals surface area contributed by atoms with Gasteiger partial charge in [0.2, 0.25) is 0 Å². The molecule has 0 bridgehead atoms. The highest BCUT2D eigenvalue weighted by atomic mass is 16.5. The highest BCUT2D eigenvalue weighted by molar-refractivity contribution is 6.05. The van der Waals surface area contributed by atoms with Gasteiger partial charge in [-0.1, -0.05) is 25.1 Å². The molecule has 1 N–H and O–H groups in total. The number of carbonyl (C=O) groups is 2. The number of anilines is 1. The summed E-state index contributed by atoms with van der Waals surface area (Å²) < 4.78 is 7.31. The average Bonchev–Trinajstić information content (AvgIpc) is 3.15. The third-order valence-corrected chi connectivity index (χ3v) is 5.80. The average molecular weight is 396 g/mol. The number of hydrogen-bond acceptors (Lipinski definition) is 4. The standard InChI is InChI=1S/C22H28N4O3/c1-3-16-8-6-7-15(2)18(16)24-21(27)19-17-9-4-5-10-26(17)20(23-19)22(28)25-11-13-29-14-12-25/h6-8H,3-5,9-14H2,1-2H3,(H,24,27). The summed E-state index contributed by atoms with van der Waals surface area (Å²) >= 11 is 0. The summed E-state index contributed by atoms with van der Waals surface area (Å²) in [6.45, 7) is 7.00. The van der Waals surface area contributed by atoms with Crippen molar-refractivity contribution in [2.75, 3.05) is 31.6 Å². The normalized spacial score (nSPS) is 16.4. The van der Waals surface area contributed by atoms with Gasteiger partial charge in [0.25, 0.3) is 11.8 Å². The smallest absolute Gasteiger partial charge is 0.290 e. The topological polar surface area (TPSA) is 76.5 Å². The number of morpholine rings is 1. The lowest BCUT2D eigenvalue weighted by Crippen LogP contribution is -2.42. The van der Waals surface area contributed by atoms with Crippen molar-refractivity contribution in [1.82, 2.24) is 14.5 Å². The number of para-hydroxylation sites is 1. The number of rotatable bonds is 4. The van der Waals surface area contributed by atoms with Crippen molar-refractivity contribution < 1.29 is 14.3 Å². The van der Waals surface area contributed by atoms with Crippen molar-refractivity contribution in [3.05, 3.63) is 46.5 Å². The second kappa shape index (κ2) is 8.37. The van der Waals surface area contributed by atoms with Crippen molar-refractivity contribution >= 4 is 17.5 Å². The van der Waals surface area contributed by atoms with Crippen LogP contribution in [0.2, 0.25) is 0 Å². The number of nitrogens with one attached hydrogen (secondary N) is 1. The van der Waals surface area contributed by atoms with Gasteiger partial charge in [-0.25, -0.2) is 4.98 Å². The number of amides is 2. The molecule has 1 fully saturated rings. The summed E-state index contributed by atoms with van der Waals surface area (Å²) in [7, 11) is 0.